The van der Waals surface area contributed by atoms with Gasteiger partial charge in [-0.2, -0.15) is 0 Å². The molecule has 1 unspecified atom stereocenters. The van der Waals surface area contributed by atoms with Crippen molar-refractivity contribution < 1.29 is 14.6 Å². The quantitative estimate of drug-likeness (QED) is 0.899. The summed E-state index contributed by atoms with van der Waals surface area (Å²) >= 11 is 0. The van der Waals surface area contributed by atoms with Gasteiger partial charge < -0.3 is 9.84 Å². The summed E-state index contributed by atoms with van der Waals surface area (Å²) in [6.45, 7) is 8.22. The Labute approximate surface area is 120 Å². The van der Waals surface area contributed by atoms with Crippen molar-refractivity contribution in [3.63, 3.8) is 0 Å². The molecule has 110 valence electrons. The Balaban J connectivity index is 2.23. The van der Waals surface area contributed by atoms with E-state index in [1.54, 1.807) is 0 Å². The van der Waals surface area contributed by atoms with Gasteiger partial charge in [-0.1, -0.05) is 6.07 Å². The molecule has 1 aliphatic heterocycles. The van der Waals surface area contributed by atoms with Gasteiger partial charge in [-0.3, -0.25) is 9.69 Å². The van der Waals surface area contributed by atoms with Gasteiger partial charge >= 0.3 is 5.97 Å². The lowest BCUT2D eigenvalue weighted by Crippen LogP contribution is -2.35. The van der Waals surface area contributed by atoms with Gasteiger partial charge in [-0.15, -0.1) is 0 Å². The van der Waals surface area contributed by atoms with Crippen LogP contribution in [0.4, 0.5) is 0 Å². The minimum atomic E-state index is -0.718. The Morgan fingerprint density at radius 2 is 2.10 bits per heavy atom. The molecule has 0 aliphatic carbocycles. The number of carbonyl (C=O) groups is 1. The van der Waals surface area contributed by atoms with Crippen LogP contribution in [-0.4, -0.2) is 35.2 Å². The molecule has 1 aromatic rings. The molecular formula is C16H23NO3. The SMILES string of the molecule is CCOc1cc(C)c(C)cc1CN1CCCC1C(=O)O. The Hall–Kier alpha value is -1.55. The van der Waals surface area contributed by atoms with Crippen molar-refractivity contribution in [1.82, 2.24) is 4.90 Å². The average Bonchev–Trinajstić information content (AvgIpc) is 2.84. The highest BCUT2D eigenvalue weighted by molar-refractivity contribution is 5.73. The molecule has 0 bridgehead atoms. The lowest BCUT2D eigenvalue weighted by Gasteiger charge is -2.23. The third kappa shape index (κ3) is 3.12. The maximum Gasteiger partial charge on any atom is 0.320 e. The first-order chi connectivity index (χ1) is 9.52. The summed E-state index contributed by atoms with van der Waals surface area (Å²) in [5.74, 6) is 0.163. The lowest BCUT2D eigenvalue weighted by atomic mass is 10.0. The summed E-state index contributed by atoms with van der Waals surface area (Å²) in [6, 6.07) is 3.82. The van der Waals surface area contributed by atoms with E-state index >= 15 is 0 Å². The fraction of sp³-hybridized carbons (Fsp3) is 0.562. The van der Waals surface area contributed by atoms with E-state index < -0.39 is 5.97 Å². The van der Waals surface area contributed by atoms with Crippen molar-refractivity contribution in [1.29, 1.82) is 0 Å². The van der Waals surface area contributed by atoms with E-state index in [0.717, 1.165) is 30.7 Å². The fourth-order valence-electron chi connectivity index (χ4n) is 2.78. The highest BCUT2D eigenvalue weighted by Crippen LogP contribution is 2.28. The first-order valence-electron chi connectivity index (χ1n) is 7.22. The number of rotatable bonds is 5. The maximum absolute atomic E-state index is 11.3. The molecule has 2 rings (SSSR count). The number of aryl methyl sites for hydroxylation is 2. The van der Waals surface area contributed by atoms with Crippen molar-refractivity contribution in [3.05, 3.63) is 28.8 Å². The molecule has 0 aromatic heterocycles. The van der Waals surface area contributed by atoms with Crippen LogP contribution in [0, 0.1) is 13.8 Å². The van der Waals surface area contributed by atoms with Crippen molar-refractivity contribution in [2.24, 2.45) is 0 Å². The summed E-state index contributed by atoms with van der Waals surface area (Å²) in [5.41, 5.74) is 3.51. The molecule has 0 amide bonds. The van der Waals surface area contributed by atoms with Crippen LogP contribution in [-0.2, 0) is 11.3 Å². The molecule has 0 saturated carbocycles. The number of hydrogen-bond donors (Lipinski definition) is 1. The van der Waals surface area contributed by atoms with E-state index in [2.05, 4.69) is 26.0 Å². The predicted octanol–water partition coefficient (Wildman–Crippen LogP) is 2.75. The minimum Gasteiger partial charge on any atom is -0.494 e. The second-order valence-electron chi connectivity index (χ2n) is 5.44. The third-order valence-corrected chi connectivity index (χ3v) is 4.00. The van der Waals surface area contributed by atoms with Gasteiger partial charge in [0.25, 0.3) is 0 Å². The lowest BCUT2D eigenvalue weighted by molar-refractivity contribution is -0.142. The Kier molecular flexibility index (Phi) is 4.65. The van der Waals surface area contributed by atoms with E-state index in [4.69, 9.17) is 4.74 Å². The maximum atomic E-state index is 11.3. The summed E-state index contributed by atoms with van der Waals surface area (Å²) in [7, 11) is 0. The molecule has 20 heavy (non-hydrogen) atoms. The third-order valence-electron chi connectivity index (χ3n) is 4.00. The number of hydrogen-bond acceptors (Lipinski definition) is 3. The molecule has 1 heterocycles. The summed E-state index contributed by atoms with van der Waals surface area (Å²) in [4.78, 5) is 13.3. The monoisotopic (exact) mass is 277 g/mol. The molecule has 1 aliphatic rings. The predicted molar refractivity (Wildman–Crippen MR) is 78.2 cm³/mol. The molecule has 1 N–H and O–H groups in total. The highest BCUT2D eigenvalue weighted by atomic mass is 16.5. The number of likely N-dealkylation sites (tertiary alicyclic amines) is 1. The van der Waals surface area contributed by atoms with Crippen LogP contribution < -0.4 is 4.74 Å². The molecule has 1 saturated heterocycles. The first kappa shape index (κ1) is 14.9. The van der Waals surface area contributed by atoms with Crippen LogP contribution in [0.2, 0.25) is 0 Å². The average molecular weight is 277 g/mol. The Morgan fingerprint density at radius 3 is 2.75 bits per heavy atom. The van der Waals surface area contributed by atoms with E-state index in [1.165, 1.54) is 11.1 Å². The number of nitrogens with zero attached hydrogens (tertiary/aromatic N) is 1. The minimum absolute atomic E-state index is 0.355. The zero-order valence-electron chi connectivity index (χ0n) is 12.5. The van der Waals surface area contributed by atoms with Gasteiger partial charge in [0, 0.05) is 12.1 Å². The second kappa shape index (κ2) is 6.27. The zero-order valence-corrected chi connectivity index (χ0v) is 12.5. The molecule has 0 radical (unpaired) electrons. The van der Waals surface area contributed by atoms with Gasteiger partial charge in [0.15, 0.2) is 0 Å². The van der Waals surface area contributed by atoms with Crippen LogP contribution in [0.5, 0.6) is 5.75 Å². The molecule has 4 nitrogen and oxygen atoms in total. The molecule has 1 atom stereocenters. The van der Waals surface area contributed by atoms with Crippen molar-refractivity contribution in [2.75, 3.05) is 13.2 Å². The summed E-state index contributed by atoms with van der Waals surface area (Å²) in [6.07, 6.45) is 1.69. The van der Waals surface area contributed by atoms with Crippen molar-refractivity contribution in [2.45, 2.75) is 46.2 Å². The van der Waals surface area contributed by atoms with Crippen LogP contribution in [0.3, 0.4) is 0 Å². The van der Waals surface area contributed by atoms with Crippen molar-refractivity contribution >= 4 is 5.97 Å². The molecule has 1 aromatic carbocycles. The normalized spacial score (nSPS) is 19.2. The molecule has 1 fully saturated rings. The number of ether oxygens (including phenoxy) is 1. The van der Waals surface area contributed by atoms with Gasteiger partial charge in [0.05, 0.1) is 6.61 Å². The molecule has 4 heteroatoms. The van der Waals surface area contributed by atoms with E-state index in [0.29, 0.717) is 13.2 Å². The van der Waals surface area contributed by atoms with E-state index in [-0.39, 0.29) is 6.04 Å². The topological polar surface area (TPSA) is 49.8 Å². The van der Waals surface area contributed by atoms with Crippen LogP contribution >= 0.6 is 0 Å². The van der Waals surface area contributed by atoms with Crippen LogP contribution in [0.25, 0.3) is 0 Å². The van der Waals surface area contributed by atoms with Crippen LogP contribution in [0.15, 0.2) is 12.1 Å². The number of benzene rings is 1. The standard InChI is InChI=1S/C16H23NO3/c1-4-20-15-9-12(3)11(2)8-13(15)10-17-7-5-6-14(17)16(18)19/h8-9,14H,4-7,10H2,1-3H3,(H,18,19). The molecule has 0 spiro atoms. The van der Waals surface area contributed by atoms with Crippen LogP contribution in [0.1, 0.15) is 36.5 Å². The number of carboxylic acid groups (broad SMARTS) is 1. The fourth-order valence-corrected chi connectivity index (χ4v) is 2.78. The summed E-state index contributed by atoms with van der Waals surface area (Å²) in [5, 5.41) is 9.26. The highest BCUT2D eigenvalue weighted by Gasteiger charge is 2.30. The first-order valence-corrected chi connectivity index (χ1v) is 7.22. The number of aliphatic carboxylic acids is 1. The van der Waals surface area contributed by atoms with Gasteiger partial charge in [0.1, 0.15) is 11.8 Å². The second-order valence-corrected chi connectivity index (χ2v) is 5.44. The zero-order chi connectivity index (χ0) is 14.7. The van der Waals surface area contributed by atoms with Gasteiger partial charge in [-0.05, 0) is 57.4 Å². The van der Waals surface area contributed by atoms with Gasteiger partial charge in [0.2, 0.25) is 0 Å². The summed E-state index contributed by atoms with van der Waals surface area (Å²) < 4.78 is 5.70. The largest absolute Gasteiger partial charge is 0.494 e. The van der Waals surface area contributed by atoms with Gasteiger partial charge in [-0.25, -0.2) is 0 Å². The van der Waals surface area contributed by atoms with E-state index in [9.17, 15) is 9.90 Å². The Morgan fingerprint density at radius 1 is 1.40 bits per heavy atom. The molecular weight excluding hydrogens is 254 g/mol. The number of carboxylic acids is 1. The Bertz CT molecular complexity index is 499. The smallest absolute Gasteiger partial charge is 0.320 e. The van der Waals surface area contributed by atoms with E-state index in [1.807, 2.05) is 11.8 Å². The van der Waals surface area contributed by atoms with Crippen molar-refractivity contribution in [3.8, 4) is 5.75 Å².